The Hall–Kier alpha value is -0.120. The zero-order chi connectivity index (χ0) is 12.3. The Bertz CT molecular complexity index is 218. The zero-order valence-corrected chi connectivity index (χ0v) is 11.8. The normalized spacial score (nSPS) is 27.0. The van der Waals surface area contributed by atoms with Crippen molar-refractivity contribution in [2.75, 3.05) is 39.3 Å². The van der Waals surface area contributed by atoms with Crippen LogP contribution in [0.3, 0.4) is 0 Å². The topological polar surface area (TPSA) is 18.5 Å². The highest BCUT2D eigenvalue weighted by Gasteiger charge is 2.29. The maximum Gasteiger partial charge on any atom is 0.0125 e. The molecule has 0 saturated carbocycles. The smallest absolute Gasteiger partial charge is 0.0125 e. The molecule has 2 saturated heterocycles. The molecule has 3 nitrogen and oxygen atoms in total. The fraction of sp³-hybridized carbons (Fsp3) is 1.00. The summed E-state index contributed by atoms with van der Waals surface area (Å²) in [4.78, 5) is 5.36. The van der Waals surface area contributed by atoms with Crippen molar-refractivity contribution in [1.82, 2.24) is 15.1 Å². The second-order valence-electron chi connectivity index (χ2n) is 6.53. The van der Waals surface area contributed by atoms with Crippen molar-refractivity contribution < 1.29 is 0 Å². The Morgan fingerprint density at radius 2 is 1.65 bits per heavy atom. The molecular weight excluding hydrogens is 210 g/mol. The van der Waals surface area contributed by atoms with E-state index in [4.69, 9.17) is 0 Å². The Morgan fingerprint density at radius 3 is 2.29 bits per heavy atom. The molecule has 2 heterocycles. The second-order valence-corrected chi connectivity index (χ2v) is 6.53. The van der Waals surface area contributed by atoms with Crippen molar-refractivity contribution >= 4 is 0 Å². The molecule has 0 radical (unpaired) electrons. The minimum Gasteiger partial charge on any atom is -0.315 e. The molecular formula is C14H29N3. The third-order valence-electron chi connectivity index (χ3n) is 4.30. The van der Waals surface area contributed by atoms with E-state index in [1.54, 1.807) is 0 Å². The van der Waals surface area contributed by atoms with Crippen molar-refractivity contribution in [3.63, 3.8) is 0 Å². The highest BCUT2D eigenvalue weighted by Crippen LogP contribution is 2.23. The molecule has 0 bridgehead atoms. The number of rotatable bonds is 1. The van der Waals surface area contributed by atoms with Gasteiger partial charge in [0.05, 0.1) is 0 Å². The van der Waals surface area contributed by atoms with Crippen LogP contribution in [-0.2, 0) is 0 Å². The Morgan fingerprint density at radius 1 is 0.941 bits per heavy atom. The molecule has 0 aromatic carbocycles. The Labute approximate surface area is 107 Å². The lowest BCUT2D eigenvalue weighted by atomic mass is 9.97. The van der Waals surface area contributed by atoms with Gasteiger partial charge in [-0.2, -0.15) is 0 Å². The lowest BCUT2D eigenvalue weighted by Gasteiger charge is -2.43. The van der Waals surface area contributed by atoms with Crippen LogP contribution in [0.5, 0.6) is 0 Å². The van der Waals surface area contributed by atoms with Crippen LogP contribution in [0.2, 0.25) is 0 Å². The molecule has 0 aromatic rings. The first-order valence-electron chi connectivity index (χ1n) is 7.27. The average molecular weight is 239 g/mol. The fourth-order valence-corrected chi connectivity index (χ4v) is 3.13. The summed E-state index contributed by atoms with van der Waals surface area (Å²) in [6.07, 6.45) is 4.04. The van der Waals surface area contributed by atoms with Gasteiger partial charge in [0, 0.05) is 37.8 Å². The Kier molecular flexibility index (Phi) is 4.45. The van der Waals surface area contributed by atoms with E-state index in [0.29, 0.717) is 5.54 Å². The van der Waals surface area contributed by atoms with Gasteiger partial charge in [0.1, 0.15) is 0 Å². The Balaban J connectivity index is 1.81. The molecule has 2 rings (SSSR count). The number of nitrogens with one attached hydrogen (secondary N) is 1. The minimum absolute atomic E-state index is 0.352. The molecule has 0 aliphatic carbocycles. The monoisotopic (exact) mass is 239 g/mol. The van der Waals surface area contributed by atoms with E-state index in [2.05, 4.69) is 35.9 Å². The van der Waals surface area contributed by atoms with Gasteiger partial charge in [0.15, 0.2) is 0 Å². The van der Waals surface area contributed by atoms with Crippen molar-refractivity contribution in [2.45, 2.75) is 51.6 Å². The standard InChI is InChI=1S/C14H29N3/c1-14(2,3)17-10-5-13(6-11-17)16-9-4-7-15-8-12-16/h13,15H,4-12H2,1-3H3. The number of piperidine rings is 1. The lowest BCUT2D eigenvalue weighted by Crippen LogP contribution is -2.51. The van der Waals surface area contributed by atoms with Crippen LogP contribution in [0.4, 0.5) is 0 Å². The number of hydrogen-bond donors (Lipinski definition) is 1. The molecule has 100 valence electrons. The van der Waals surface area contributed by atoms with Gasteiger partial charge in [-0.05, 0) is 53.1 Å². The van der Waals surface area contributed by atoms with Crippen LogP contribution < -0.4 is 5.32 Å². The predicted molar refractivity (Wildman–Crippen MR) is 73.4 cm³/mol. The van der Waals surface area contributed by atoms with Crippen LogP contribution in [0.1, 0.15) is 40.0 Å². The van der Waals surface area contributed by atoms with Gasteiger partial charge in [-0.1, -0.05) is 0 Å². The minimum atomic E-state index is 0.352. The summed E-state index contributed by atoms with van der Waals surface area (Å²) in [5.41, 5.74) is 0.352. The summed E-state index contributed by atoms with van der Waals surface area (Å²) in [5.74, 6) is 0. The first-order chi connectivity index (χ1) is 8.07. The first kappa shape index (κ1) is 13.3. The van der Waals surface area contributed by atoms with Gasteiger partial charge in [-0.25, -0.2) is 0 Å². The summed E-state index contributed by atoms with van der Waals surface area (Å²) in [6, 6.07) is 0.841. The van der Waals surface area contributed by atoms with E-state index in [1.165, 1.54) is 58.5 Å². The molecule has 0 atom stereocenters. The summed E-state index contributed by atoms with van der Waals surface area (Å²) in [7, 11) is 0. The summed E-state index contributed by atoms with van der Waals surface area (Å²) in [5, 5.41) is 3.50. The number of nitrogens with zero attached hydrogens (tertiary/aromatic N) is 2. The quantitative estimate of drug-likeness (QED) is 0.749. The van der Waals surface area contributed by atoms with Crippen molar-refractivity contribution in [1.29, 1.82) is 0 Å². The van der Waals surface area contributed by atoms with E-state index in [0.717, 1.165) is 6.04 Å². The highest BCUT2D eigenvalue weighted by atomic mass is 15.2. The highest BCUT2D eigenvalue weighted by molar-refractivity contribution is 4.86. The van der Waals surface area contributed by atoms with Crippen LogP contribution in [-0.4, -0.2) is 60.6 Å². The van der Waals surface area contributed by atoms with Crippen molar-refractivity contribution in [3.8, 4) is 0 Å². The average Bonchev–Trinajstić information content (AvgIpc) is 2.56. The molecule has 3 heteroatoms. The molecule has 1 N–H and O–H groups in total. The van der Waals surface area contributed by atoms with E-state index in [9.17, 15) is 0 Å². The zero-order valence-electron chi connectivity index (χ0n) is 11.8. The molecule has 2 aliphatic heterocycles. The summed E-state index contributed by atoms with van der Waals surface area (Å²) < 4.78 is 0. The predicted octanol–water partition coefficient (Wildman–Crippen LogP) is 1.54. The van der Waals surface area contributed by atoms with E-state index >= 15 is 0 Å². The van der Waals surface area contributed by atoms with Gasteiger partial charge in [-0.15, -0.1) is 0 Å². The van der Waals surface area contributed by atoms with Gasteiger partial charge in [-0.3, -0.25) is 9.80 Å². The SMILES string of the molecule is CC(C)(C)N1CCC(N2CCCNCC2)CC1. The van der Waals surface area contributed by atoms with Crippen molar-refractivity contribution in [3.05, 3.63) is 0 Å². The summed E-state index contributed by atoms with van der Waals surface area (Å²) >= 11 is 0. The van der Waals surface area contributed by atoms with E-state index in [-0.39, 0.29) is 0 Å². The lowest BCUT2D eigenvalue weighted by molar-refractivity contribution is 0.0587. The van der Waals surface area contributed by atoms with E-state index < -0.39 is 0 Å². The van der Waals surface area contributed by atoms with Gasteiger partial charge < -0.3 is 5.32 Å². The largest absolute Gasteiger partial charge is 0.315 e. The van der Waals surface area contributed by atoms with Crippen LogP contribution in [0.15, 0.2) is 0 Å². The van der Waals surface area contributed by atoms with Crippen LogP contribution >= 0.6 is 0 Å². The third kappa shape index (κ3) is 3.67. The van der Waals surface area contributed by atoms with Gasteiger partial charge >= 0.3 is 0 Å². The second kappa shape index (κ2) is 5.68. The molecule has 17 heavy (non-hydrogen) atoms. The molecule has 2 fully saturated rings. The number of hydrogen-bond acceptors (Lipinski definition) is 3. The molecule has 0 unspecified atom stereocenters. The molecule has 0 amide bonds. The third-order valence-corrected chi connectivity index (χ3v) is 4.30. The maximum absolute atomic E-state index is 3.50. The maximum atomic E-state index is 3.50. The summed E-state index contributed by atoms with van der Waals surface area (Å²) in [6.45, 7) is 14.5. The molecule has 0 spiro atoms. The van der Waals surface area contributed by atoms with Crippen LogP contribution in [0, 0.1) is 0 Å². The van der Waals surface area contributed by atoms with Gasteiger partial charge in [0.25, 0.3) is 0 Å². The van der Waals surface area contributed by atoms with Crippen molar-refractivity contribution in [2.24, 2.45) is 0 Å². The van der Waals surface area contributed by atoms with Gasteiger partial charge in [0.2, 0.25) is 0 Å². The van der Waals surface area contributed by atoms with E-state index in [1.807, 2.05) is 0 Å². The fourth-order valence-electron chi connectivity index (χ4n) is 3.13. The molecule has 0 aromatic heterocycles. The number of likely N-dealkylation sites (tertiary alicyclic amines) is 1. The first-order valence-corrected chi connectivity index (χ1v) is 7.27. The molecule has 2 aliphatic rings. The van der Waals surface area contributed by atoms with Crippen LogP contribution in [0.25, 0.3) is 0 Å².